The number of unbranched alkanes of at least 4 members (excludes halogenated alkanes) is 17. The molecule has 2 heteroatoms. The molecule has 0 aliphatic rings. The second kappa shape index (κ2) is 22.7. The van der Waals surface area contributed by atoms with E-state index in [-0.39, 0.29) is 0 Å². The lowest BCUT2D eigenvalue weighted by Crippen LogP contribution is -2.41. The number of hydrogen-bond acceptors (Lipinski definition) is 0. The number of nitrogens with zero attached hydrogens (tertiary/aromatic N) is 1. The fourth-order valence-corrected chi connectivity index (χ4v) is 5.60. The summed E-state index contributed by atoms with van der Waals surface area (Å²) in [6.07, 6.45) is 36.9. The van der Waals surface area contributed by atoms with Gasteiger partial charge in [-0.15, -0.1) is 0 Å². The van der Waals surface area contributed by atoms with Crippen molar-refractivity contribution in [3.8, 4) is 0 Å². The van der Waals surface area contributed by atoms with Gasteiger partial charge in [0.1, 0.15) is 12.4 Å². The molecular weight excluding hydrogens is 412 g/mol. The Labute approximate surface area is 215 Å². The summed E-state index contributed by atoms with van der Waals surface area (Å²) >= 11 is 0. The highest BCUT2D eigenvalue weighted by Crippen LogP contribution is 2.25. The Morgan fingerprint density at radius 1 is 0.559 bits per heavy atom. The van der Waals surface area contributed by atoms with Gasteiger partial charge in [0.15, 0.2) is 0 Å². The zero-order chi connectivity index (χ0) is 24.7. The highest BCUT2D eigenvalue weighted by molar-refractivity contribution is 4.90. The summed E-state index contributed by atoms with van der Waals surface area (Å²) < 4.78 is 2.57. The maximum Gasteiger partial charge on any atom is 0.257 e. The van der Waals surface area contributed by atoms with E-state index in [1.807, 2.05) is 0 Å². The van der Waals surface area contributed by atoms with Crippen molar-refractivity contribution in [3.05, 3.63) is 18.2 Å². The lowest BCUT2D eigenvalue weighted by atomic mass is 9.95. The number of imidazole rings is 1. The summed E-state index contributed by atoms with van der Waals surface area (Å²) in [6.45, 7) is 9.38. The largest absolute Gasteiger partial charge is 0.257 e. The molecule has 0 aliphatic carbocycles. The van der Waals surface area contributed by atoms with Crippen molar-refractivity contribution < 1.29 is 4.57 Å². The Bertz CT molecular complexity index is 535. The number of aromatic nitrogens is 2. The molecule has 2 unspecified atom stereocenters. The van der Waals surface area contributed by atoms with E-state index < -0.39 is 0 Å². The molecule has 0 amide bonds. The molecule has 1 aromatic rings. The predicted octanol–water partition coefficient (Wildman–Crippen LogP) is 11.0. The fraction of sp³-hybridized carbons (Fsp3) is 0.906. The predicted molar refractivity (Wildman–Crippen MR) is 152 cm³/mol. The Hall–Kier alpha value is -0.790. The van der Waals surface area contributed by atoms with Crippen LogP contribution in [-0.2, 0) is 0 Å². The normalized spacial score (nSPS) is 13.4. The number of aromatic amines is 1. The quantitative estimate of drug-likeness (QED) is 0.107. The van der Waals surface area contributed by atoms with Crippen LogP contribution in [0.15, 0.2) is 12.4 Å². The van der Waals surface area contributed by atoms with Crippen LogP contribution in [-0.4, -0.2) is 4.98 Å². The Balaban J connectivity index is 2.11. The molecule has 1 rings (SSSR count). The summed E-state index contributed by atoms with van der Waals surface area (Å²) in [7, 11) is 0. The van der Waals surface area contributed by atoms with Crippen LogP contribution in [0.25, 0.3) is 0 Å². The van der Waals surface area contributed by atoms with Crippen LogP contribution in [0.3, 0.4) is 0 Å². The smallest absolute Gasteiger partial charge is 0.247 e. The minimum Gasteiger partial charge on any atom is -0.247 e. The van der Waals surface area contributed by atoms with E-state index >= 15 is 0 Å². The van der Waals surface area contributed by atoms with Gasteiger partial charge in [-0.05, 0) is 32.6 Å². The van der Waals surface area contributed by atoms with Gasteiger partial charge in [-0.3, -0.25) is 0 Å². The van der Waals surface area contributed by atoms with E-state index in [1.165, 1.54) is 154 Å². The molecule has 0 bridgehead atoms. The van der Waals surface area contributed by atoms with Crippen LogP contribution in [0.2, 0.25) is 0 Å². The molecule has 1 N–H and O–H groups in total. The van der Waals surface area contributed by atoms with E-state index in [0.717, 1.165) is 0 Å². The molecule has 0 aromatic carbocycles. The average molecular weight is 476 g/mol. The Morgan fingerprint density at radius 2 is 1.00 bits per heavy atom. The van der Waals surface area contributed by atoms with E-state index in [9.17, 15) is 0 Å². The molecule has 200 valence electrons. The molecule has 2 nitrogen and oxygen atoms in total. The fourth-order valence-electron chi connectivity index (χ4n) is 5.60. The molecule has 0 saturated carbocycles. The molecular formula is C32H63N2+. The van der Waals surface area contributed by atoms with Crippen molar-refractivity contribution in [2.24, 2.45) is 0 Å². The summed E-state index contributed by atoms with van der Waals surface area (Å²) in [5, 5.41) is 0. The maximum atomic E-state index is 3.63. The number of nitrogens with one attached hydrogen (secondary N) is 1. The average Bonchev–Trinajstić information content (AvgIpc) is 3.33. The number of H-pyrrole nitrogens is 1. The molecule has 0 aliphatic heterocycles. The second-order valence-electron chi connectivity index (χ2n) is 11.2. The first-order chi connectivity index (χ1) is 16.7. The Morgan fingerprint density at radius 3 is 1.50 bits per heavy atom. The minimum absolute atomic E-state index is 0.623. The molecule has 0 saturated heterocycles. The Kier molecular flexibility index (Phi) is 20.8. The number of hydrogen-bond donors (Lipinski definition) is 1. The van der Waals surface area contributed by atoms with Crippen molar-refractivity contribution in [1.29, 1.82) is 0 Å². The second-order valence-corrected chi connectivity index (χ2v) is 11.2. The lowest BCUT2D eigenvalue weighted by Gasteiger charge is -2.16. The van der Waals surface area contributed by atoms with Crippen molar-refractivity contribution >= 4 is 0 Å². The standard InChI is InChI=1S/C32H62N2/c1-5-8-10-12-13-14-15-16-17-18-19-20-21-22-23-26-30(4)34-29-28-33-32(34)31(25-7-3)27-24-11-9-6-2/h28-31H,5-27H2,1-4H3/p+1. The van der Waals surface area contributed by atoms with Gasteiger partial charge in [0, 0.05) is 0 Å². The summed E-state index contributed by atoms with van der Waals surface area (Å²) in [5.74, 6) is 2.20. The van der Waals surface area contributed by atoms with Crippen molar-refractivity contribution in [2.45, 2.75) is 187 Å². The van der Waals surface area contributed by atoms with Crippen molar-refractivity contribution in [2.75, 3.05) is 0 Å². The van der Waals surface area contributed by atoms with Gasteiger partial charge in [-0.25, -0.2) is 9.55 Å². The first-order valence-electron chi connectivity index (χ1n) is 15.8. The first kappa shape index (κ1) is 31.2. The third-order valence-electron chi connectivity index (χ3n) is 7.87. The molecule has 0 radical (unpaired) electrons. The van der Waals surface area contributed by atoms with Crippen molar-refractivity contribution in [3.63, 3.8) is 0 Å². The summed E-state index contributed by atoms with van der Waals surface area (Å²) in [4.78, 5) is 3.63. The topological polar surface area (TPSA) is 19.7 Å². The van der Waals surface area contributed by atoms with Crippen LogP contribution in [0.4, 0.5) is 0 Å². The lowest BCUT2D eigenvalue weighted by molar-refractivity contribution is -0.727. The van der Waals surface area contributed by atoms with Crippen LogP contribution in [0.1, 0.15) is 193 Å². The zero-order valence-corrected chi connectivity index (χ0v) is 24.0. The van der Waals surface area contributed by atoms with Gasteiger partial charge in [0.05, 0.1) is 12.0 Å². The third-order valence-corrected chi connectivity index (χ3v) is 7.87. The zero-order valence-electron chi connectivity index (χ0n) is 24.0. The van der Waals surface area contributed by atoms with E-state index in [4.69, 9.17) is 0 Å². The third kappa shape index (κ3) is 15.3. The van der Waals surface area contributed by atoms with Gasteiger partial charge in [-0.1, -0.05) is 143 Å². The summed E-state index contributed by atoms with van der Waals surface area (Å²) in [5.41, 5.74) is 0. The first-order valence-corrected chi connectivity index (χ1v) is 15.8. The van der Waals surface area contributed by atoms with Crippen LogP contribution in [0.5, 0.6) is 0 Å². The van der Waals surface area contributed by atoms with Gasteiger partial charge in [0.2, 0.25) is 0 Å². The van der Waals surface area contributed by atoms with E-state index in [2.05, 4.69) is 49.6 Å². The highest BCUT2D eigenvalue weighted by atomic mass is 15.1. The monoisotopic (exact) mass is 475 g/mol. The minimum atomic E-state index is 0.623. The van der Waals surface area contributed by atoms with Gasteiger partial charge >= 0.3 is 0 Å². The van der Waals surface area contributed by atoms with Gasteiger partial charge in [-0.2, -0.15) is 0 Å². The van der Waals surface area contributed by atoms with Gasteiger partial charge in [0.25, 0.3) is 5.82 Å². The molecule has 0 fully saturated rings. The maximum absolute atomic E-state index is 3.63. The SMILES string of the molecule is CCCCCCCCCCCCCCCCCC(C)[n+]1cc[nH]c1C(CCC)CCCCCC. The van der Waals surface area contributed by atoms with E-state index in [1.54, 1.807) is 0 Å². The van der Waals surface area contributed by atoms with Crippen LogP contribution >= 0.6 is 0 Å². The molecule has 2 atom stereocenters. The van der Waals surface area contributed by atoms with E-state index in [0.29, 0.717) is 12.0 Å². The highest BCUT2D eigenvalue weighted by Gasteiger charge is 2.24. The van der Waals surface area contributed by atoms with Gasteiger partial charge < -0.3 is 0 Å². The molecule has 0 spiro atoms. The van der Waals surface area contributed by atoms with Crippen LogP contribution < -0.4 is 4.57 Å². The van der Waals surface area contributed by atoms with Crippen molar-refractivity contribution in [1.82, 2.24) is 4.98 Å². The number of rotatable bonds is 25. The van der Waals surface area contributed by atoms with Crippen LogP contribution in [0, 0.1) is 0 Å². The molecule has 1 aromatic heterocycles. The molecule has 1 heterocycles. The molecule has 34 heavy (non-hydrogen) atoms. The summed E-state index contributed by atoms with van der Waals surface area (Å²) in [6, 6.07) is 0.623.